The summed E-state index contributed by atoms with van der Waals surface area (Å²) in [6.45, 7) is 0.365. The van der Waals surface area contributed by atoms with E-state index in [0.29, 0.717) is 12.1 Å². The van der Waals surface area contributed by atoms with Gasteiger partial charge in [0.1, 0.15) is 6.04 Å². The van der Waals surface area contributed by atoms with Gasteiger partial charge in [0.2, 0.25) is 5.91 Å². The molecule has 2 rings (SSSR count). The largest absolute Gasteiger partial charge is 0.416 e. The number of nitrogens with two attached hydrogens (primary N) is 1. The highest BCUT2D eigenvalue weighted by Crippen LogP contribution is 2.29. The Bertz CT molecular complexity index is 588. The molecule has 0 aromatic heterocycles. The number of nitrogens with one attached hydrogen (secondary N) is 1. The van der Waals surface area contributed by atoms with Crippen molar-refractivity contribution in [2.24, 2.45) is 5.73 Å². The van der Waals surface area contributed by atoms with Crippen molar-refractivity contribution < 1.29 is 18.0 Å². The summed E-state index contributed by atoms with van der Waals surface area (Å²) in [7, 11) is 0. The molecule has 0 spiro atoms. The van der Waals surface area contributed by atoms with Crippen molar-refractivity contribution in [1.82, 2.24) is 5.32 Å². The van der Waals surface area contributed by atoms with Gasteiger partial charge in [0.15, 0.2) is 0 Å². The zero-order chi connectivity index (χ0) is 16.2. The molecule has 1 aromatic rings. The van der Waals surface area contributed by atoms with E-state index < -0.39 is 23.7 Å². The number of carbonyl (C=O) groups is 1. The van der Waals surface area contributed by atoms with Crippen LogP contribution in [0.2, 0.25) is 0 Å². The molecule has 1 aliphatic carbocycles. The number of amides is 1. The molecule has 1 aliphatic rings. The first kappa shape index (κ1) is 16.3. The molecule has 0 radical (unpaired) electrons. The van der Waals surface area contributed by atoms with Gasteiger partial charge >= 0.3 is 6.18 Å². The lowest BCUT2D eigenvalue weighted by molar-refractivity contribution is -0.137. The number of hydrogen-bond donors (Lipinski definition) is 2. The molecule has 1 unspecified atom stereocenters. The van der Waals surface area contributed by atoms with Crippen molar-refractivity contribution >= 4 is 5.91 Å². The second-order valence-corrected chi connectivity index (χ2v) is 5.07. The summed E-state index contributed by atoms with van der Waals surface area (Å²) in [5.74, 6) is -0.417. The minimum Gasteiger partial charge on any atom is -0.350 e. The summed E-state index contributed by atoms with van der Waals surface area (Å²) in [6.07, 6.45) is 3.52. The van der Waals surface area contributed by atoms with Crippen molar-refractivity contribution in [2.45, 2.75) is 25.1 Å². The third-order valence-electron chi connectivity index (χ3n) is 3.42. The molecule has 3 nitrogen and oxygen atoms in total. The molecule has 1 aromatic carbocycles. The van der Waals surface area contributed by atoms with Gasteiger partial charge in [-0.1, -0.05) is 30.4 Å². The van der Waals surface area contributed by atoms with Crippen molar-refractivity contribution in [1.29, 1.82) is 0 Å². The van der Waals surface area contributed by atoms with Crippen LogP contribution in [-0.4, -0.2) is 12.5 Å². The molecule has 1 atom stereocenters. The summed E-state index contributed by atoms with van der Waals surface area (Å²) in [5, 5.41) is 2.69. The van der Waals surface area contributed by atoms with E-state index in [2.05, 4.69) is 5.32 Å². The van der Waals surface area contributed by atoms with Crippen LogP contribution in [-0.2, 0) is 11.0 Å². The van der Waals surface area contributed by atoms with Crippen LogP contribution in [0, 0.1) is 0 Å². The average Bonchev–Trinajstić information content (AvgIpc) is 2.52. The number of carbonyl (C=O) groups excluding carboxylic acids is 1. The minimum atomic E-state index is -4.40. The van der Waals surface area contributed by atoms with Gasteiger partial charge in [0.05, 0.1) is 5.56 Å². The van der Waals surface area contributed by atoms with E-state index >= 15 is 0 Å². The number of alkyl halides is 3. The Morgan fingerprint density at radius 3 is 2.45 bits per heavy atom. The second-order valence-electron chi connectivity index (χ2n) is 5.07. The summed E-state index contributed by atoms with van der Waals surface area (Å²) in [5.41, 5.74) is 6.37. The molecule has 3 N–H and O–H groups in total. The standard InChI is InChI=1S/C16H17F3N2O/c17-16(18,19)13-8-6-12(7-9-13)14(20)15(22)21-10-11-4-2-1-3-5-11/h2,4-9,14H,1,3,10,20H2,(H,21,22). The number of hydrogen-bond acceptors (Lipinski definition) is 2. The van der Waals surface area contributed by atoms with Crippen molar-refractivity contribution in [2.75, 3.05) is 6.54 Å². The molecule has 0 bridgehead atoms. The number of allylic oxidation sites excluding steroid dienone is 2. The first-order valence-corrected chi connectivity index (χ1v) is 6.94. The summed E-state index contributed by atoms with van der Waals surface area (Å²) < 4.78 is 37.4. The Morgan fingerprint density at radius 2 is 1.91 bits per heavy atom. The van der Waals surface area contributed by atoms with Gasteiger partial charge in [-0.25, -0.2) is 0 Å². The number of rotatable bonds is 4. The highest BCUT2D eigenvalue weighted by molar-refractivity contribution is 5.83. The molecule has 118 valence electrons. The maximum atomic E-state index is 12.5. The molecule has 0 heterocycles. The fourth-order valence-corrected chi connectivity index (χ4v) is 2.13. The van der Waals surface area contributed by atoms with Gasteiger partial charge in [0, 0.05) is 6.54 Å². The van der Waals surface area contributed by atoms with E-state index in [1.54, 1.807) is 0 Å². The molecule has 1 amide bonds. The van der Waals surface area contributed by atoms with Gasteiger partial charge in [0.25, 0.3) is 0 Å². The van der Waals surface area contributed by atoms with E-state index in [0.717, 1.165) is 30.5 Å². The van der Waals surface area contributed by atoms with Crippen LogP contribution in [0.25, 0.3) is 0 Å². The predicted molar refractivity (Wildman–Crippen MR) is 77.8 cm³/mol. The Hall–Kier alpha value is -2.08. The first-order chi connectivity index (χ1) is 10.4. The van der Waals surface area contributed by atoms with Crippen molar-refractivity contribution in [3.05, 3.63) is 59.2 Å². The van der Waals surface area contributed by atoms with Crippen LogP contribution in [0.15, 0.2) is 48.1 Å². The zero-order valence-corrected chi connectivity index (χ0v) is 11.9. The van der Waals surface area contributed by atoms with Gasteiger partial charge in [-0.15, -0.1) is 0 Å². The van der Waals surface area contributed by atoms with E-state index in [1.807, 2.05) is 18.2 Å². The molecular formula is C16H17F3N2O. The van der Waals surface area contributed by atoms with E-state index in [4.69, 9.17) is 5.73 Å². The van der Waals surface area contributed by atoms with Crippen LogP contribution in [0.5, 0.6) is 0 Å². The fraction of sp³-hybridized carbons (Fsp3) is 0.312. The normalized spacial score (nSPS) is 16.1. The predicted octanol–water partition coefficient (Wildman–Crippen LogP) is 3.10. The van der Waals surface area contributed by atoms with Gasteiger partial charge in [-0.3, -0.25) is 4.79 Å². The molecule has 0 fully saturated rings. The smallest absolute Gasteiger partial charge is 0.350 e. The van der Waals surface area contributed by atoms with E-state index in [-0.39, 0.29) is 0 Å². The van der Waals surface area contributed by atoms with Crippen LogP contribution in [0.4, 0.5) is 13.2 Å². The number of halogens is 3. The Kier molecular flexibility index (Phi) is 5.03. The maximum absolute atomic E-state index is 12.5. The Labute approximate surface area is 126 Å². The van der Waals surface area contributed by atoms with Crippen LogP contribution in [0.3, 0.4) is 0 Å². The number of benzene rings is 1. The molecule has 22 heavy (non-hydrogen) atoms. The topological polar surface area (TPSA) is 55.1 Å². The monoisotopic (exact) mass is 310 g/mol. The molecule has 0 saturated heterocycles. The summed E-state index contributed by atoms with van der Waals surface area (Å²) in [4.78, 5) is 12.0. The lowest BCUT2D eigenvalue weighted by atomic mass is 10.0. The van der Waals surface area contributed by atoms with Crippen LogP contribution >= 0.6 is 0 Å². The van der Waals surface area contributed by atoms with Crippen LogP contribution in [0.1, 0.15) is 30.0 Å². The van der Waals surface area contributed by atoms with Crippen molar-refractivity contribution in [3.63, 3.8) is 0 Å². The molecule has 6 heteroatoms. The second kappa shape index (κ2) is 6.79. The maximum Gasteiger partial charge on any atom is 0.416 e. The van der Waals surface area contributed by atoms with E-state index in [9.17, 15) is 18.0 Å². The Morgan fingerprint density at radius 1 is 1.23 bits per heavy atom. The van der Waals surface area contributed by atoms with Crippen LogP contribution < -0.4 is 11.1 Å². The summed E-state index contributed by atoms with van der Waals surface area (Å²) in [6, 6.07) is 3.32. The molecule has 0 aliphatic heterocycles. The van der Waals surface area contributed by atoms with Gasteiger partial charge < -0.3 is 11.1 Å². The zero-order valence-electron chi connectivity index (χ0n) is 11.9. The average molecular weight is 310 g/mol. The lowest BCUT2D eigenvalue weighted by Gasteiger charge is -2.15. The highest BCUT2D eigenvalue weighted by atomic mass is 19.4. The Balaban J connectivity index is 1.95. The summed E-state index contributed by atoms with van der Waals surface area (Å²) >= 11 is 0. The molecule has 0 saturated carbocycles. The first-order valence-electron chi connectivity index (χ1n) is 6.94. The third-order valence-corrected chi connectivity index (χ3v) is 3.42. The quantitative estimate of drug-likeness (QED) is 0.898. The SMILES string of the molecule is NC(C(=O)NCC1=CCCC=C1)c1ccc(C(F)(F)F)cc1. The third kappa shape index (κ3) is 4.21. The van der Waals surface area contributed by atoms with E-state index in [1.165, 1.54) is 12.1 Å². The van der Waals surface area contributed by atoms with Crippen molar-refractivity contribution in [3.8, 4) is 0 Å². The highest BCUT2D eigenvalue weighted by Gasteiger charge is 2.30. The van der Waals surface area contributed by atoms with Gasteiger partial charge in [-0.2, -0.15) is 13.2 Å². The van der Waals surface area contributed by atoms with Gasteiger partial charge in [-0.05, 0) is 36.1 Å². The fourth-order valence-electron chi connectivity index (χ4n) is 2.13. The molecular weight excluding hydrogens is 293 g/mol. The lowest BCUT2D eigenvalue weighted by Crippen LogP contribution is -2.35. The minimum absolute atomic E-state index is 0.346.